The van der Waals surface area contributed by atoms with Crippen molar-refractivity contribution in [2.45, 2.75) is 57.9 Å². The number of hydrogen-bond acceptors (Lipinski definition) is 5. The Kier molecular flexibility index (Phi) is 5.98. The second kappa shape index (κ2) is 8.80. The zero-order chi connectivity index (χ0) is 19.3. The summed E-state index contributed by atoms with van der Waals surface area (Å²) in [5.74, 6) is 2.62. The normalized spacial score (nSPS) is 21.1. The van der Waals surface area contributed by atoms with Crippen molar-refractivity contribution in [2.75, 3.05) is 35.2 Å². The van der Waals surface area contributed by atoms with Crippen molar-refractivity contribution in [1.82, 2.24) is 9.97 Å². The van der Waals surface area contributed by atoms with Gasteiger partial charge in [-0.1, -0.05) is 37.3 Å². The van der Waals surface area contributed by atoms with Crippen LogP contribution in [0.5, 0.6) is 0 Å². The van der Waals surface area contributed by atoms with Crippen LogP contribution in [0.2, 0.25) is 0 Å². The molecule has 0 saturated carbocycles. The topological polar surface area (TPSA) is 58.3 Å². The number of aromatic nitrogens is 2. The Bertz CT molecular complexity index is 755. The predicted octanol–water partition coefficient (Wildman–Crippen LogP) is 4.29. The van der Waals surface area contributed by atoms with Gasteiger partial charge in [-0.15, -0.1) is 0 Å². The number of hydrogen-bond donors (Lipinski definition) is 1. The van der Waals surface area contributed by atoms with Gasteiger partial charge in [-0.05, 0) is 56.4 Å². The second-order valence-corrected chi connectivity index (χ2v) is 8.31. The fourth-order valence-electron chi connectivity index (χ4n) is 4.86. The molecule has 4 rings (SSSR count). The van der Waals surface area contributed by atoms with Gasteiger partial charge in [0.2, 0.25) is 0 Å². The van der Waals surface area contributed by atoms with Gasteiger partial charge in [0.1, 0.15) is 12.0 Å². The lowest BCUT2D eigenvalue weighted by atomic mass is 9.90. The predicted molar refractivity (Wildman–Crippen MR) is 117 cm³/mol. The van der Waals surface area contributed by atoms with Crippen LogP contribution in [0.1, 0.15) is 51.0 Å². The molecule has 5 heteroatoms. The van der Waals surface area contributed by atoms with Crippen LogP contribution in [0, 0.1) is 5.92 Å². The third-order valence-electron chi connectivity index (χ3n) is 6.49. The van der Waals surface area contributed by atoms with Gasteiger partial charge in [0.15, 0.2) is 11.6 Å². The molecule has 0 radical (unpaired) electrons. The molecule has 2 fully saturated rings. The van der Waals surface area contributed by atoms with E-state index in [1.54, 1.807) is 6.33 Å². The highest BCUT2D eigenvalue weighted by Gasteiger charge is 2.27. The molecule has 5 nitrogen and oxygen atoms in total. The molecule has 0 bridgehead atoms. The lowest BCUT2D eigenvalue weighted by Crippen LogP contribution is -2.41. The molecular weight excluding hydrogens is 346 g/mol. The number of nitrogens with two attached hydrogens (primary N) is 1. The van der Waals surface area contributed by atoms with E-state index in [1.807, 2.05) is 0 Å². The zero-order valence-electron chi connectivity index (χ0n) is 17.1. The van der Waals surface area contributed by atoms with Crippen molar-refractivity contribution in [2.24, 2.45) is 5.92 Å². The van der Waals surface area contributed by atoms with E-state index in [1.165, 1.54) is 44.1 Å². The van der Waals surface area contributed by atoms with Crippen molar-refractivity contribution in [1.29, 1.82) is 0 Å². The largest absolute Gasteiger partial charge is 0.393 e. The lowest BCUT2D eigenvalue weighted by molar-refractivity contribution is 0.402. The molecule has 3 heterocycles. The van der Waals surface area contributed by atoms with Crippen LogP contribution in [0.25, 0.3) is 0 Å². The Morgan fingerprint density at radius 2 is 1.71 bits per heavy atom. The first kappa shape index (κ1) is 19.0. The summed E-state index contributed by atoms with van der Waals surface area (Å²) in [6.07, 6.45) is 10.2. The van der Waals surface area contributed by atoms with Crippen LogP contribution >= 0.6 is 0 Å². The molecule has 0 amide bonds. The first-order valence-corrected chi connectivity index (χ1v) is 10.9. The number of nitrogen functional groups attached to an aromatic ring is 1. The first-order chi connectivity index (χ1) is 13.8. The van der Waals surface area contributed by atoms with E-state index < -0.39 is 0 Å². The third-order valence-corrected chi connectivity index (χ3v) is 6.49. The van der Waals surface area contributed by atoms with Crippen molar-refractivity contribution in [3.63, 3.8) is 0 Å². The molecule has 2 aliphatic rings. The summed E-state index contributed by atoms with van der Waals surface area (Å²) >= 11 is 0. The molecule has 2 saturated heterocycles. The lowest BCUT2D eigenvalue weighted by Gasteiger charge is -2.38. The van der Waals surface area contributed by atoms with Crippen LogP contribution in [0.3, 0.4) is 0 Å². The monoisotopic (exact) mass is 379 g/mol. The molecule has 2 N–H and O–H groups in total. The van der Waals surface area contributed by atoms with Crippen molar-refractivity contribution in [3.8, 4) is 0 Å². The highest BCUT2D eigenvalue weighted by Crippen LogP contribution is 2.35. The number of benzene rings is 1. The Balaban J connectivity index is 1.44. The minimum absolute atomic E-state index is 0.551. The van der Waals surface area contributed by atoms with Gasteiger partial charge in [-0.2, -0.15) is 0 Å². The summed E-state index contributed by atoms with van der Waals surface area (Å²) < 4.78 is 0. The molecular formula is C23H33N5. The molecule has 0 spiro atoms. The Hall–Kier alpha value is -2.30. The number of nitrogens with zero attached hydrogens (tertiary/aromatic N) is 4. The molecule has 2 aromatic rings. The van der Waals surface area contributed by atoms with E-state index in [4.69, 9.17) is 5.73 Å². The average Bonchev–Trinajstić information content (AvgIpc) is 2.75. The van der Waals surface area contributed by atoms with E-state index in [9.17, 15) is 0 Å². The highest BCUT2D eigenvalue weighted by molar-refractivity contribution is 5.76. The van der Waals surface area contributed by atoms with Crippen molar-refractivity contribution >= 4 is 17.3 Å². The van der Waals surface area contributed by atoms with E-state index in [-0.39, 0.29) is 0 Å². The van der Waals surface area contributed by atoms with Gasteiger partial charge >= 0.3 is 0 Å². The van der Waals surface area contributed by atoms with E-state index in [0.29, 0.717) is 6.04 Å². The van der Waals surface area contributed by atoms with Crippen LogP contribution in [0.15, 0.2) is 36.7 Å². The van der Waals surface area contributed by atoms with Gasteiger partial charge in [-0.25, -0.2) is 9.97 Å². The quantitative estimate of drug-likeness (QED) is 0.840. The summed E-state index contributed by atoms with van der Waals surface area (Å²) in [4.78, 5) is 14.0. The van der Waals surface area contributed by atoms with Gasteiger partial charge in [0.25, 0.3) is 0 Å². The highest BCUT2D eigenvalue weighted by atomic mass is 15.3. The molecule has 0 aliphatic carbocycles. The summed E-state index contributed by atoms with van der Waals surface area (Å²) in [7, 11) is 0. The molecule has 1 aromatic heterocycles. The molecule has 1 atom stereocenters. The Morgan fingerprint density at radius 1 is 0.964 bits per heavy atom. The van der Waals surface area contributed by atoms with Crippen LogP contribution < -0.4 is 15.5 Å². The maximum Gasteiger partial charge on any atom is 0.157 e. The second-order valence-electron chi connectivity index (χ2n) is 8.31. The fourth-order valence-corrected chi connectivity index (χ4v) is 4.86. The summed E-state index contributed by atoms with van der Waals surface area (Å²) in [6, 6.07) is 11.4. The van der Waals surface area contributed by atoms with Gasteiger partial charge in [0, 0.05) is 25.7 Å². The Morgan fingerprint density at radius 3 is 2.46 bits per heavy atom. The maximum atomic E-state index is 6.61. The minimum atomic E-state index is 0.551. The van der Waals surface area contributed by atoms with Crippen molar-refractivity contribution in [3.05, 3.63) is 42.2 Å². The van der Waals surface area contributed by atoms with Crippen LogP contribution in [-0.4, -0.2) is 35.6 Å². The number of rotatable bonds is 5. The Labute approximate surface area is 169 Å². The van der Waals surface area contributed by atoms with Gasteiger partial charge in [0.05, 0.1) is 0 Å². The molecule has 1 aromatic carbocycles. The number of anilines is 3. The van der Waals surface area contributed by atoms with Crippen molar-refractivity contribution < 1.29 is 0 Å². The zero-order valence-corrected chi connectivity index (χ0v) is 17.1. The molecule has 1 unspecified atom stereocenters. The number of piperidine rings is 2. The maximum absolute atomic E-state index is 6.61. The molecule has 28 heavy (non-hydrogen) atoms. The summed E-state index contributed by atoms with van der Waals surface area (Å²) in [6.45, 7) is 5.36. The smallest absolute Gasteiger partial charge is 0.157 e. The average molecular weight is 380 g/mol. The van der Waals surface area contributed by atoms with E-state index >= 15 is 0 Å². The minimum Gasteiger partial charge on any atom is -0.393 e. The SMILES string of the molecule is CCC1CCCCN1c1ncnc(N2CCC(Cc3ccccc3)CC2)c1N. The van der Waals surface area contributed by atoms with Crippen LogP contribution in [0.4, 0.5) is 17.3 Å². The fraction of sp³-hybridized carbons (Fsp3) is 0.565. The summed E-state index contributed by atoms with van der Waals surface area (Å²) in [5, 5.41) is 0. The standard InChI is InChI=1S/C23H33N5/c1-2-20-10-6-7-13-28(20)23-21(24)22(25-17-26-23)27-14-11-19(12-15-27)16-18-8-4-3-5-9-18/h3-5,8-9,17,19-20H,2,6-7,10-16,24H2,1H3. The van der Waals surface area contributed by atoms with E-state index in [2.05, 4.69) is 57.0 Å². The third kappa shape index (κ3) is 4.08. The first-order valence-electron chi connectivity index (χ1n) is 10.9. The summed E-state index contributed by atoms with van der Waals surface area (Å²) in [5.41, 5.74) is 8.82. The molecule has 2 aliphatic heterocycles. The van der Waals surface area contributed by atoms with Gasteiger partial charge < -0.3 is 15.5 Å². The molecule has 150 valence electrons. The van der Waals surface area contributed by atoms with E-state index in [0.717, 1.165) is 49.3 Å². The van der Waals surface area contributed by atoms with Gasteiger partial charge in [-0.3, -0.25) is 0 Å². The van der Waals surface area contributed by atoms with Crippen LogP contribution in [-0.2, 0) is 6.42 Å².